The number of rotatable bonds is 10. The van der Waals surface area contributed by atoms with E-state index in [0.29, 0.717) is 6.61 Å². The molecule has 0 atom stereocenters. The second-order valence-electron chi connectivity index (χ2n) is 7.77. The van der Waals surface area contributed by atoms with Crippen molar-refractivity contribution in [3.8, 4) is 28.6 Å². The zero-order valence-corrected chi connectivity index (χ0v) is 19.5. The maximum atomic E-state index is 6.02. The van der Waals surface area contributed by atoms with E-state index >= 15 is 0 Å². The third kappa shape index (κ3) is 5.20. The Kier molecular flexibility index (Phi) is 7.30. The third-order valence-corrected chi connectivity index (χ3v) is 5.56. The van der Waals surface area contributed by atoms with Crippen LogP contribution in [0.25, 0.3) is 28.5 Å². The van der Waals surface area contributed by atoms with Crippen LogP contribution in [0.4, 0.5) is 0 Å². The molecule has 4 rings (SSSR count). The number of benzene rings is 3. The first-order valence-electron chi connectivity index (χ1n) is 11.3. The van der Waals surface area contributed by atoms with Crippen LogP contribution in [-0.4, -0.2) is 30.4 Å². The lowest BCUT2D eigenvalue weighted by molar-refractivity contribution is 0.284. The molecule has 0 saturated carbocycles. The molecule has 0 unspecified atom stereocenters. The molecule has 1 aromatic heterocycles. The minimum atomic E-state index is 0.625. The average molecular weight is 443 g/mol. The van der Waals surface area contributed by atoms with Crippen molar-refractivity contribution in [2.45, 2.75) is 26.3 Å². The summed E-state index contributed by atoms with van der Waals surface area (Å²) in [6, 6.07) is 22.3. The van der Waals surface area contributed by atoms with Crippen molar-refractivity contribution in [1.82, 2.24) is 9.55 Å². The lowest BCUT2D eigenvalue weighted by Gasteiger charge is -2.13. The van der Waals surface area contributed by atoms with E-state index in [2.05, 4.69) is 28.8 Å². The highest BCUT2D eigenvalue weighted by atomic mass is 16.5. The number of unbranched alkanes of at least 4 members (excludes halogenated alkanes) is 1. The van der Waals surface area contributed by atoms with Gasteiger partial charge in [0.25, 0.3) is 0 Å². The van der Waals surface area contributed by atoms with Crippen LogP contribution in [0, 0.1) is 0 Å². The molecule has 0 fully saturated rings. The Morgan fingerprint density at radius 1 is 0.879 bits per heavy atom. The summed E-state index contributed by atoms with van der Waals surface area (Å²) in [7, 11) is 3.36. The van der Waals surface area contributed by atoms with Crippen LogP contribution in [0.1, 0.15) is 25.3 Å². The zero-order valence-electron chi connectivity index (χ0n) is 19.5. The molecule has 5 nitrogen and oxygen atoms in total. The second kappa shape index (κ2) is 10.7. The van der Waals surface area contributed by atoms with Gasteiger partial charge in [-0.15, -0.1) is 0 Å². The first-order chi connectivity index (χ1) is 16.2. The minimum absolute atomic E-state index is 0.625. The van der Waals surface area contributed by atoms with Crippen LogP contribution < -0.4 is 14.2 Å². The van der Waals surface area contributed by atoms with Gasteiger partial charge in [0, 0.05) is 12.1 Å². The monoisotopic (exact) mass is 442 g/mol. The maximum absolute atomic E-state index is 6.02. The standard InChI is InChI=1S/C28H30N2O3/c1-4-10-21-15-16-26(27(19-21)32-3)33-18-8-7-17-30-25-14-6-5-13-24(25)29-28(30)22-11-9-12-23(20-22)31-2/h4-6,9-16,19-20H,7-8,17-18H2,1-3H3/b10-4+. The molecule has 1 heterocycles. The van der Waals surface area contributed by atoms with Gasteiger partial charge in [-0.1, -0.05) is 42.5 Å². The number of aromatic nitrogens is 2. The van der Waals surface area contributed by atoms with E-state index in [1.807, 2.05) is 61.5 Å². The van der Waals surface area contributed by atoms with Crippen molar-refractivity contribution >= 4 is 17.1 Å². The number of hydrogen-bond acceptors (Lipinski definition) is 4. The van der Waals surface area contributed by atoms with Gasteiger partial charge in [-0.05, 0) is 61.7 Å². The Hall–Kier alpha value is -3.73. The summed E-state index contributed by atoms with van der Waals surface area (Å²) in [5.74, 6) is 3.31. The largest absolute Gasteiger partial charge is 0.497 e. The number of allylic oxidation sites excluding steroid dienone is 1. The number of imidazole rings is 1. The lowest BCUT2D eigenvalue weighted by atomic mass is 10.2. The molecule has 5 heteroatoms. The summed E-state index contributed by atoms with van der Waals surface area (Å²) in [5.41, 5.74) is 4.28. The fraction of sp³-hybridized carbons (Fsp3) is 0.250. The van der Waals surface area contributed by atoms with Gasteiger partial charge >= 0.3 is 0 Å². The third-order valence-electron chi connectivity index (χ3n) is 5.56. The summed E-state index contributed by atoms with van der Waals surface area (Å²) >= 11 is 0. The molecular formula is C28H30N2O3. The van der Waals surface area contributed by atoms with E-state index in [0.717, 1.165) is 64.6 Å². The summed E-state index contributed by atoms with van der Waals surface area (Å²) in [6.07, 6.45) is 5.94. The molecule has 170 valence electrons. The van der Waals surface area contributed by atoms with Gasteiger partial charge in [0.2, 0.25) is 0 Å². The van der Waals surface area contributed by atoms with Gasteiger partial charge in [0.05, 0.1) is 31.9 Å². The van der Waals surface area contributed by atoms with E-state index in [1.165, 1.54) is 0 Å². The molecule has 0 aliphatic rings. The maximum Gasteiger partial charge on any atom is 0.161 e. The molecule has 3 aromatic carbocycles. The topological polar surface area (TPSA) is 45.5 Å². The van der Waals surface area contributed by atoms with E-state index in [1.54, 1.807) is 14.2 Å². The Morgan fingerprint density at radius 3 is 2.58 bits per heavy atom. The van der Waals surface area contributed by atoms with Crippen LogP contribution >= 0.6 is 0 Å². The summed E-state index contributed by atoms with van der Waals surface area (Å²) in [5, 5.41) is 0. The number of nitrogens with zero attached hydrogens (tertiary/aromatic N) is 2. The Bertz CT molecular complexity index is 1240. The van der Waals surface area contributed by atoms with E-state index in [4.69, 9.17) is 19.2 Å². The number of ether oxygens (including phenoxy) is 3. The first kappa shape index (κ1) is 22.5. The number of hydrogen-bond donors (Lipinski definition) is 0. The molecule has 0 amide bonds. The average Bonchev–Trinajstić information content (AvgIpc) is 3.23. The number of aryl methyl sites for hydroxylation is 1. The van der Waals surface area contributed by atoms with Gasteiger partial charge in [-0.25, -0.2) is 4.98 Å². The normalized spacial score (nSPS) is 11.2. The Balaban J connectivity index is 1.45. The second-order valence-corrected chi connectivity index (χ2v) is 7.77. The van der Waals surface area contributed by atoms with Gasteiger partial charge in [-0.2, -0.15) is 0 Å². The SMILES string of the molecule is C/C=C/c1ccc(OCCCCn2c(-c3cccc(OC)c3)nc3ccccc32)c(OC)c1. The fourth-order valence-corrected chi connectivity index (χ4v) is 3.94. The predicted molar refractivity (Wildman–Crippen MR) is 134 cm³/mol. The molecular weight excluding hydrogens is 412 g/mol. The molecule has 0 saturated heterocycles. The van der Waals surface area contributed by atoms with Crippen LogP contribution in [-0.2, 0) is 6.54 Å². The molecule has 0 aliphatic heterocycles. The van der Waals surface area contributed by atoms with Crippen LogP contribution in [0.15, 0.2) is 72.8 Å². The van der Waals surface area contributed by atoms with Crippen molar-refractivity contribution in [1.29, 1.82) is 0 Å². The number of methoxy groups -OCH3 is 2. The minimum Gasteiger partial charge on any atom is -0.497 e. The molecule has 4 aromatic rings. The molecule has 0 N–H and O–H groups in total. The van der Waals surface area contributed by atoms with E-state index < -0.39 is 0 Å². The molecule has 33 heavy (non-hydrogen) atoms. The Morgan fingerprint density at radius 2 is 1.76 bits per heavy atom. The van der Waals surface area contributed by atoms with Crippen molar-refractivity contribution in [2.24, 2.45) is 0 Å². The van der Waals surface area contributed by atoms with Gasteiger partial charge in [0.1, 0.15) is 11.6 Å². The highest BCUT2D eigenvalue weighted by Crippen LogP contribution is 2.30. The zero-order chi connectivity index (χ0) is 23.0. The van der Waals surface area contributed by atoms with Gasteiger partial charge < -0.3 is 18.8 Å². The van der Waals surface area contributed by atoms with Crippen LogP contribution in [0.5, 0.6) is 17.2 Å². The smallest absolute Gasteiger partial charge is 0.161 e. The first-order valence-corrected chi connectivity index (χ1v) is 11.3. The number of para-hydroxylation sites is 2. The van der Waals surface area contributed by atoms with E-state index in [-0.39, 0.29) is 0 Å². The van der Waals surface area contributed by atoms with Crippen molar-refractivity contribution in [2.75, 3.05) is 20.8 Å². The fourth-order valence-electron chi connectivity index (χ4n) is 3.94. The molecule has 0 bridgehead atoms. The van der Waals surface area contributed by atoms with Crippen LogP contribution in [0.2, 0.25) is 0 Å². The van der Waals surface area contributed by atoms with E-state index in [9.17, 15) is 0 Å². The summed E-state index contributed by atoms with van der Waals surface area (Å²) in [6.45, 7) is 3.48. The van der Waals surface area contributed by atoms with Crippen molar-refractivity contribution in [3.05, 3.63) is 78.4 Å². The summed E-state index contributed by atoms with van der Waals surface area (Å²) < 4.78 is 19.2. The summed E-state index contributed by atoms with van der Waals surface area (Å²) in [4.78, 5) is 4.90. The number of fused-ring (bicyclic) bond motifs is 1. The molecule has 0 radical (unpaired) electrons. The quantitative estimate of drug-likeness (QED) is 0.259. The van der Waals surface area contributed by atoms with Gasteiger partial charge in [0.15, 0.2) is 11.5 Å². The highest BCUT2D eigenvalue weighted by Gasteiger charge is 2.13. The van der Waals surface area contributed by atoms with Crippen molar-refractivity contribution in [3.63, 3.8) is 0 Å². The highest BCUT2D eigenvalue weighted by molar-refractivity contribution is 5.80. The lowest BCUT2D eigenvalue weighted by Crippen LogP contribution is -2.04. The molecule has 0 spiro atoms. The van der Waals surface area contributed by atoms with Gasteiger partial charge in [-0.3, -0.25) is 0 Å². The molecule has 0 aliphatic carbocycles. The predicted octanol–water partition coefficient (Wildman–Crippen LogP) is 6.61. The van der Waals surface area contributed by atoms with Crippen LogP contribution in [0.3, 0.4) is 0 Å². The van der Waals surface area contributed by atoms with Crippen molar-refractivity contribution < 1.29 is 14.2 Å². The Labute approximate surface area is 195 Å².